The van der Waals surface area contributed by atoms with E-state index >= 15 is 0 Å². The van der Waals surface area contributed by atoms with Crippen molar-refractivity contribution in [2.24, 2.45) is 0 Å². The Balaban J connectivity index is 1.29. The summed E-state index contributed by atoms with van der Waals surface area (Å²) >= 11 is 0. The minimum Gasteiger partial charge on any atom is -0.507 e. The lowest BCUT2D eigenvalue weighted by Gasteiger charge is -2.33. The molecule has 1 fully saturated rings. The van der Waals surface area contributed by atoms with E-state index in [0.29, 0.717) is 29.5 Å². The molecule has 1 aromatic heterocycles. The summed E-state index contributed by atoms with van der Waals surface area (Å²) in [6.45, 7) is 5.12. The number of hydrogen-bond donors (Lipinski definition) is 3. The number of imidazole rings is 1. The monoisotopic (exact) mass is 515 g/mol. The number of aromatic nitrogens is 2. The standard InChI is InChI=1S/C30H37N5O3/c1-20-8-4-5-16-35(20)17-7-14-31-29(37)22-10-12-25-26(19-22)33-28(32-25)24-18-21(11-13-27(24)36)23-9-6-15-34(2)30(23)38-3/h6,9-13,15,18-20,30,36H,4-5,7-8,14,16-17H2,1-3H3,(H,31,37)(H,32,33). The van der Waals surface area contributed by atoms with Crippen molar-refractivity contribution >= 4 is 22.5 Å². The number of aromatic hydroxyl groups is 1. The fraction of sp³-hybridized carbons (Fsp3) is 0.400. The van der Waals surface area contributed by atoms with Crippen molar-refractivity contribution in [3.8, 4) is 17.1 Å². The highest BCUT2D eigenvalue weighted by Gasteiger charge is 2.22. The fourth-order valence-corrected chi connectivity index (χ4v) is 5.45. The van der Waals surface area contributed by atoms with Gasteiger partial charge in [-0.15, -0.1) is 0 Å². The Labute approximate surface area is 224 Å². The number of fused-ring (bicyclic) bond motifs is 1. The van der Waals surface area contributed by atoms with Crippen LogP contribution < -0.4 is 5.32 Å². The molecule has 3 aromatic rings. The highest BCUT2D eigenvalue weighted by Crippen LogP contribution is 2.34. The third kappa shape index (κ3) is 5.47. The first-order valence-electron chi connectivity index (χ1n) is 13.4. The Kier molecular flexibility index (Phi) is 7.81. The van der Waals surface area contributed by atoms with Gasteiger partial charge in [-0.05, 0) is 74.7 Å². The minimum atomic E-state index is -0.225. The summed E-state index contributed by atoms with van der Waals surface area (Å²) in [6.07, 6.45) is 10.5. The summed E-state index contributed by atoms with van der Waals surface area (Å²) in [6, 6.07) is 11.5. The topological polar surface area (TPSA) is 93.7 Å². The average molecular weight is 516 g/mol. The maximum atomic E-state index is 12.8. The molecule has 0 aliphatic carbocycles. The lowest BCUT2D eigenvalue weighted by Crippen LogP contribution is -2.39. The number of ether oxygens (including phenoxy) is 1. The number of nitrogens with one attached hydrogen (secondary N) is 2. The van der Waals surface area contributed by atoms with Crippen molar-refractivity contribution in [3.05, 3.63) is 65.9 Å². The van der Waals surface area contributed by atoms with Crippen molar-refractivity contribution in [1.29, 1.82) is 0 Å². The largest absolute Gasteiger partial charge is 0.507 e. The van der Waals surface area contributed by atoms with Crippen LogP contribution in [-0.4, -0.2) is 76.8 Å². The molecule has 2 unspecified atom stereocenters. The molecule has 8 nitrogen and oxygen atoms in total. The molecular weight excluding hydrogens is 478 g/mol. The number of likely N-dealkylation sites (N-methyl/N-ethyl adjacent to an activating group) is 1. The normalized spacial score (nSPS) is 20.1. The summed E-state index contributed by atoms with van der Waals surface area (Å²) in [5, 5.41) is 13.7. The van der Waals surface area contributed by atoms with Gasteiger partial charge >= 0.3 is 0 Å². The van der Waals surface area contributed by atoms with Crippen LogP contribution in [0.15, 0.2) is 54.8 Å². The van der Waals surface area contributed by atoms with Crippen molar-refractivity contribution in [2.75, 3.05) is 33.8 Å². The number of carbonyl (C=O) groups excluding carboxylic acids is 1. The molecule has 0 spiro atoms. The van der Waals surface area contributed by atoms with E-state index in [0.717, 1.165) is 41.7 Å². The van der Waals surface area contributed by atoms with Crippen LogP contribution >= 0.6 is 0 Å². The first-order chi connectivity index (χ1) is 18.4. The van der Waals surface area contributed by atoms with Gasteiger partial charge in [-0.1, -0.05) is 18.6 Å². The van der Waals surface area contributed by atoms with Crippen LogP contribution in [0.5, 0.6) is 5.75 Å². The van der Waals surface area contributed by atoms with Gasteiger partial charge in [0.25, 0.3) is 5.91 Å². The predicted molar refractivity (Wildman–Crippen MR) is 151 cm³/mol. The molecule has 0 bridgehead atoms. The maximum Gasteiger partial charge on any atom is 0.251 e. The van der Waals surface area contributed by atoms with Crippen LogP contribution in [0, 0.1) is 0 Å². The summed E-state index contributed by atoms with van der Waals surface area (Å²) in [5.41, 5.74) is 4.57. The number of aromatic amines is 1. The SMILES string of the molecule is COC1C(c2ccc(O)c(-c3nc4ccc(C(=O)NCCCN5CCCCC5C)cc4[nH]3)c2)=CC=CN1C. The molecular formula is C30H37N5O3. The average Bonchev–Trinajstić information content (AvgIpc) is 3.35. The molecule has 0 saturated carbocycles. The van der Waals surface area contributed by atoms with E-state index < -0.39 is 0 Å². The van der Waals surface area contributed by atoms with Gasteiger partial charge in [0.05, 0.1) is 16.6 Å². The smallest absolute Gasteiger partial charge is 0.251 e. The molecule has 200 valence electrons. The fourth-order valence-electron chi connectivity index (χ4n) is 5.45. The third-order valence-electron chi connectivity index (χ3n) is 7.63. The van der Waals surface area contributed by atoms with Crippen molar-refractivity contribution in [3.63, 3.8) is 0 Å². The second kappa shape index (κ2) is 11.4. The van der Waals surface area contributed by atoms with E-state index in [1.165, 1.54) is 19.3 Å². The van der Waals surface area contributed by atoms with Crippen LogP contribution in [0.3, 0.4) is 0 Å². The first-order valence-corrected chi connectivity index (χ1v) is 13.4. The van der Waals surface area contributed by atoms with E-state index in [1.807, 2.05) is 54.6 Å². The molecule has 5 rings (SSSR count). The van der Waals surface area contributed by atoms with Gasteiger partial charge in [-0.3, -0.25) is 4.79 Å². The number of carbonyl (C=O) groups is 1. The highest BCUT2D eigenvalue weighted by molar-refractivity contribution is 5.97. The van der Waals surface area contributed by atoms with Crippen LogP contribution in [0.2, 0.25) is 0 Å². The van der Waals surface area contributed by atoms with Crippen LogP contribution in [-0.2, 0) is 4.74 Å². The molecule has 3 N–H and O–H groups in total. The van der Waals surface area contributed by atoms with Gasteiger partial charge in [0.15, 0.2) is 6.23 Å². The molecule has 8 heteroatoms. The van der Waals surface area contributed by atoms with Crippen molar-refractivity contribution in [1.82, 2.24) is 25.1 Å². The number of phenolic OH excluding ortho intramolecular Hbond substituents is 1. The van der Waals surface area contributed by atoms with Crippen molar-refractivity contribution < 1.29 is 14.6 Å². The lowest BCUT2D eigenvalue weighted by molar-refractivity contribution is 0.0529. The molecule has 0 radical (unpaired) electrons. The number of likely N-dealkylation sites (tertiary alicyclic amines) is 1. The Morgan fingerprint density at radius 2 is 2.11 bits per heavy atom. The number of hydrogen-bond acceptors (Lipinski definition) is 6. The predicted octanol–water partition coefficient (Wildman–Crippen LogP) is 4.74. The molecule has 2 aliphatic rings. The Morgan fingerprint density at radius 3 is 2.92 bits per heavy atom. The lowest BCUT2D eigenvalue weighted by atomic mass is 9.98. The summed E-state index contributed by atoms with van der Waals surface area (Å²) < 4.78 is 5.68. The zero-order valence-electron chi connectivity index (χ0n) is 22.4. The molecule has 3 heterocycles. The molecule has 38 heavy (non-hydrogen) atoms. The van der Waals surface area contributed by atoms with E-state index in [1.54, 1.807) is 19.2 Å². The quantitative estimate of drug-likeness (QED) is 0.375. The number of phenols is 1. The zero-order chi connectivity index (χ0) is 26.6. The summed E-state index contributed by atoms with van der Waals surface area (Å²) in [4.78, 5) is 25.3. The van der Waals surface area contributed by atoms with E-state index in [2.05, 4.69) is 22.1 Å². The number of nitrogens with zero attached hydrogens (tertiary/aromatic N) is 3. The van der Waals surface area contributed by atoms with Crippen LogP contribution in [0.1, 0.15) is 48.5 Å². The van der Waals surface area contributed by atoms with Gasteiger partial charge in [-0.2, -0.15) is 0 Å². The number of methoxy groups -OCH3 is 1. The van der Waals surface area contributed by atoms with Gasteiger partial charge in [-0.25, -0.2) is 4.98 Å². The second-order valence-electron chi connectivity index (χ2n) is 10.3. The van der Waals surface area contributed by atoms with E-state index in [-0.39, 0.29) is 17.9 Å². The Bertz CT molecular complexity index is 1360. The van der Waals surface area contributed by atoms with Crippen LogP contribution in [0.25, 0.3) is 28.0 Å². The van der Waals surface area contributed by atoms with Gasteiger partial charge < -0.3 is 29.9 Å². The van der Waals surface area contributed by atoms with Gasteiger partial charge in [0.2, 0.25) is 0 Å². The first kappa shape index (κ1) is 26.0. The van der Waals surface area contributed by atoms with E-state index in [9.17, 15) is 9.90 Å². The number of rotatable bonds is 8. The molecule has 2 atom stereocenters. The summed E-state index contributed by atoms with van der Waals surface area (Å²) in [5.74, 6) is 0.580. The third-order valence-corrected chi connectivity index (χ3v) is 7.63. The number of allylic oxidation sites excluding steroid dienone is 2. The number of H-pyrrole nitrogens is 1. The minimum absolute atomic E-state index is 0.0911. The number of piperidine rings is 1. The van der Waals surface area contributed by atoms with Gasteiger partial charge in [0, 0.05) is 50.6 Å². The van der Waals surface area contributed by atoms with Crippen molar-refractivity contribution in [2.45, 2.75) is 44.9 Å². The second-order valence-corrected chi connectivity index (χ2v) is 10.3. The highest BCUT2D eigenvalue weighted by atomic mass is 16.5. The number of benzene rings is 2. The van der Waals surface area contributed by atoms with E-state index in [4.69, 9.17) is 9.72 Å². The molecule has 2 aromatic carbocycles. The molecule has 1 amide bonds. The Hall–Kier alpha value is -3.62. The van der Waals surface area contributed by atoms with Gasteiger partial charge in [0.1, 0.15) is 11.6 Å². The number of amides is 1. The maximum absolute atomic E-state index is 12.8. The summed E-state index contributed by atoms with van der Waals surface area (Å²) in [7, 11) is 3.64. The molecule has 1 saturated heterocycles. The zero-order valence-corrected chi connectivity index (χ0v) is 22.4. The molecule has 2 aliphatic heterocycles. The Morgan fingerprint density at radius 1 is 1.24 bits per heavy atom. The van der Waals surface area contributed by atoms with Crippen LogP contribution in [0.4, 0.5) is 0 Å².